The van der Waals surface area contributed by atoms with E-state index in [9.17, 15) is 4.79 Å². The van der Waals surface area contributed by atoms with Crippen LogP contribution in [0.5, 0.6) is 0 Å². The highest BCUT2D eigenvalue weighted by Crippen LogP contribution is 1.91. The lowest BCUT2D eigenvalue weighted by molar-refractivity contribution is -0.130. The van der Waals surface area contributed by atoms with E-state index in [-0.39, 0.29) is 11.9 Å². The number of hydrogen-bond acceptors (Lipinski definition) is 3. The molecule has 0 radical (unpaired) electrons. The fraction of sp³-hybridized carbons (Fsp3) is 0.917. The first-order valence-electron chi connectivity index (χ1n) is 6.11. The van der Waals surface area contributed by atoms with Crippen molar-refractivity contribution in [1.29, 1.82) is 0 Å². The van der Waals surface area contributed by atoms with Gasteiger partial charge in [0.25, 0.3) is 0 Å². The van der Waals surface area contributed by atoms with E-state index in [1.54, 1.807) is 19.0 Å². The van der Waals surface area contributed by atoms with Crippen LogP contribution >= 0.6 is 0 Å². The molecule has 0 saturated heterocycles. The van der Waals surface area contributed by atoms with Crippen molar-refractivity contribution in [3.63, 3.8) is 0 Å². The lowest BCUT2D eigenvalue weighted by Gasteiger charge is -2.17. The summed E-state index contributed by atoms with van der Waals surface area (Å²) < 4.78 is 5.43. The highest BCUT2D eigenvalue weighted by Gasteiger charge is 2.12. The predicted molar refractivity (Wildman–Crippen MR) is 66.5 cm³/mol. The van der Waals surface area contributed by atoms with Gasteiger partial charge >= 0.3 is 0 Å². The van der Waals surface area contributed by atoms with Crippen molar-refractivity contribution >= 4 is 5.91 Å². The Bertz CT molecular complexity index is 184. The maximum atomic E-state index is 11.5. The van der Waals surface area contributed by atoms with Gasteiger partial charge in [0.1, 0.15) is 0 Å². The van der Waals surface area contributed by atoms with Crippen molar-refractivity contribution in [2.75, 3.05) is 33.9 Å². The van der Waals surface area contributed by atoms with Crippen LogP contribution in [0.4, 0.5) is 0 Å². The molecule has 0 aromatic carbocycles. The third kappa shape index (κ3) is 7.65. The molecule has 0 bridgehead atoms. The predicted octanol–water partition coefficient (Wildman–Crippen LogP) is 1.26. The summed E-state index contributed by atoms with van der Waals surface area (Å²) in [6.07, 6.45) is 3.25. The average molecular weight is 230 g/mol. The number of hydrogen-bond donors (Lipinski definition) is 1. The first kappa shape index (κ1) is 15.4. The summed E-state index contributed by atoms with van der Waals surface area (Å²) in [4.78, 5) is 13.1. The minimum absolute atomic E-state index is 0.106. The summed E-state index contributed by atoms with van der Waals surface area (Å²) in [6, 6.07) is -0.106. The molecule has 1 N–H and O–H groups in total. The molecular formula is C12H26N2O2. The molecule has 96 valence electrons. The Hall–Kier alpha value is -0.610. The van der Waals surface area contributed by atoms with Gasteiger partial charge in [-0.15, -0.1) is 0 Å². The van der Waals surface area contributed by atoms with Gasteiger partial charge in [-0.2, -0.15) is 0 Å². The van der Waals surface area contributed by atoms with Crippen LogP contribution in [0, 0.1) is 0 Å². The molecule has 0 heterocycles. The second kappa shape index (κ2) is 9.60. The molecule has 0 aromatic rings. The van der Waals surface area contributed by atoms with Gasteiger partial charge < -0.3 is 15.0 Å². The van der Waals surface area contributed by atoms with Gasteiger partial charge in [-0.1, -0.05) is 13.3 Å². The van der Waals surface area contributed by atoms with E-state index >= 15 is 0 Å². The average Bonchev–Trinajstić information content (AvgIpc) is 2.26. The van der Waals surface area contributed by atoms with Gasteiger partial charge in [0, 0.05) is 27.3 Å². The standard InChI is InChI=1S/C12H26N2O2/c1-5-6-9-16-10-7-8-13-11(2)12(15)14(3)4/h11,13H,5-10H2,1-4H3. The molecule has 0 aromatic heterocycles. The molecule has 0 aliphatic rings. The van der Waals surface area contributed by atoms with E-state index in [4.69, 9.17) is 4.74 Å². The number of amides is 1. The highest BCUT2D eigenvalue weighted by molar-refractivity contribution is 5.80. The summed E-state index contributed by atoms with van der Waals surface area (Å²) in [5.74, 6) is 0.118. The Morgan fingerprint density at radius 2 is 1.94 bits per heavy atom. The van der Waals surface area contributed by atoms with Gasteiger partial charge in [-0.05, 0) is 26.3 Å². The first-order valence-corrected chi connectivity index (χ1v) is 6.11. The van der Waals surface area contributed by atoms with E-state index in [1.165, 1.54) is 6.42 Å². The molecule has 0 saturated carbocycles. The molecule has 1 atom stereocenters. The van der Waals surface area contributed by atoms with Crippen molar-refractivity contribution in [2.45, 2.75) is 39.2 Å². The van der Waals surface area contributed by atoms with Crippen LogP contribution in [-0.2, 0) is 9.53 Å². The number of likely N-dealkylation sites (N-methyl/N-ethyl adjacent to an activating group) is 1. The van der Waals surface area contributed by atoms with Crippen LogP contribution in [0.25, 0.3) is 0 Å². The number of unbranched alkanes of at least 4 members (excludes halogenated alkanes) is 1. The van der Waals surface area contributed by atoms with E-state index in [1.807, 2.05) is 6.92 Å². The smallest absolute Gasteiger partial charge is 0.238 e. The SMILES string of the molecule is CCCCOCCCNC(C)C(=O)N(C)C. The Labute approximate surface area is 99.3 Å². The van der Waals surface area contributed by atoms with Gasteiger partial charge in [0.05, 0.1) is 6.04 Å². The minimum atomic E-state index is -0.106. The second-order valence-electron chi connectivity index (χ2n) is 4.23. The molecule has 0 aliphatic carbocycles. The summed E-state index contributed by atoms with van der Waals surface area (Å²) >= 11 is 0. The fourth-order valence-electron chi connectivity index (χ4n) is 1.32. The lowest BCUT2D eigenvalue weighted by atomic mass is 10.3. The Morgan fingerprint density at radius 3 is 2.50 bits per heavy atom. The quantitative estimate of drug-likeness (QED) is 0.606. The van der Waals surface area contributed by atoms with Crippen LogP contribution < -0.4 is 5.32 Å². The van der Waals surface area contributed by atoms with Crippen molar-refractivity contribution in [1.82, 2.24) is 10.2 Å². The third-order valence-corrected chi connectivity index (χ3v) is 2.37. The van der Waals surface area contributed by atoms with E-state index in [2.05, 4.69) is 12.2 Å². The van der Waals surface area contributed by atoms with Gasteiger partial charge in [-0.25, -0.2) is 0 Å². The van der Waals surface area contributed by atoms with Crippen LogP contribution in [-0.4, -0.2) is 50.7 Å². The zero-order valence-corrected chi connectivity index (χ0v) is 11.1. The minimum Gasteiger partial charge on any atom is -0.381 e. The Kier molecular flexibility index (Phi) is 9.24. The summed E-state index contributed by atoms with van der Waals surface area (Å²) in [6.45, 7) is 6.49. The van der Waals surface area contributed by atoms with E-state index in [0.29, 0.717) is 0 Å². The lowest BCUT2D eigenvalue weighted by Crippen LogP contribution is -2.42. The van der Waals surface area contributed by atoms with E-state index < -0.39 is 0 Å². The van der Waals surface area contributed by atoms with Crippen LogP contribution in [0.15, 0.2) is 0 Å². The molecule has 16 heavy (non-hydrogen) atoms. The van der Waals surface area contributed by atoms with E-state index in [0.717, 1.165) is 32.6 Å². The largest absolute Gasteiger partial charge is 0.381 e. The maximum Gasteiger partial charge on any atom is 0.238 e. The zero-order valence-electron chi connectivity index (χ0n) is 11.1. The van der Waals surface area contributed by atoms with Crippen molar-refractivity contribution in [3.8, 4) is 0 Å². The molecule has 4 nitrogen and oxygen atoms in total. The van der Waals surface area contributed by atoms with Crippen molar-refractivity contribution < 1.29 is 9.53 Å². The monoisotopic (exact) mass is 230 g/mol. The summed E-state index contributed by atoms with van der Waals surface area (Å²) in [5, 5.41) is 3.18. The molecule has 1 unspecified atom stereocenters. The molecular weight excluding hydrogens is 204 g/mol. The topological polar surface area (TPSA) is 41.6 Å². The molecule has 0 rings (SSSR count). The summed E-state index contributed by atoms with van der Waals surface area (Å²) in [5.41, 5.74) is 0. The van der Waals surface area contributed by atoms with Crippen LogP contribution in [0.3, 0.4) is 0 Å². The summed E-state index contributed by atoms with van der Waals surface area (Å²) in [7, 11) is 3.54. The molecule has 4 heteroatoms. The Balaban J connectivity index is 3.34. The van der Waals surface area contributed by atoms with Crippen LogP contribution in [0.2, 0.25) is 0 Å². The number of nitrogens with zero attached hydrogens (tertiary/aromatic N) is 1. The number of rotatable bonds is 9. The van der Waals surface area contributed by atoms with Gasteiger partial charge in [0.15, 0.2) is 0 Å². The van der Waals surface area contributed by atoms with Gasteiger partial charge in [0.2, 0.25) is 5.91 Å². The molecule has 0 fully saturated rings. The maximum absolute atomic E-state index is 11.5. The van der Waals surface area contributed by atoms with Crippen molar-refractivity contribution in [2.24, 2.45) is 0 Å². The molecule has 0 spiro atoms. The Morgan fingerprint density at radius 1 is 1.31 bits per heavy atom. The number of nitrogens with one attached hydrogen (secondary N) is 1. The number of carbonyl (C=O) groups is 1. The number of ether oxygens (including phenoxy) is 1. The normalized spacial score (nSPS) is 12.5. The molecule has 0 aliphatic heterocycles. The molecule has 1 amide bonds. The van der Waals surface area contributed by atoms with Crippen molar-refractivity contribution in [3.05, 3.63) is 0 Å². The van der Waals surface area contributed by atoms with Crippen LogP contribution in [0.1, 0.15) is 33.1 Å². The second-order valence-corrected chi connectivity index (χ2v) is 4.23. The van der Waals surface area contributed by atoms with Gasteiger partial charge in [-0.3, -0.25) is 4.79 Å². The fourth-order valence-corrected chi connectivity index (χ4v) is 1.32. The number of carbonyl (C=O) groups excluding carboxylic acids is 1. The third-order valence-electron chi connectivity index (χ3n) is 2.37. The first-order chi connectivity index (χ1) is 7.59. The highest BCUT2D eigenvalue weighted by atomic mass is 16.5. The zero-order chi connectivity index (χ0) is 12.4.